The molecule has 3 nitrogen and oxygen atoms in total. The van der Waals surface area contributed by atoms with Gasteiger partial charge in [0.15, 0.2) is 0 Å². The Labute approximate surface area is 136 Å². The fourth-order valence-corrected chi connectivity index (χ4v) is 2.15. The number of carbonyl (C=O) groups is 1. The highest BCUT2D eigenvalue weighted by atomic mass is 79.9. The van der Waals surface area contributed by atoms with E-state index in [1.807, 2.05) is 0 Å². The van der Waals surface area contributed by atoms with E-state index in [1.165, 1.54) is 13.2 Å². The van der Waals surface area contributed by atoms with Crippen LogP contribution in [0.5, 0.6) is 5.75 Å². The summed E-state index contributed by atoms with van der Waals surface area (Å²) in [5, 5.41) is 2.66. The molecular formula is C17H13BrFNO2. The van der Waals surface area contributed by atoms with Crippen LogP contribution in [0.3, 0.4) is 0 Å². The number of halogens is 2. The van der Waals surface area contributed by atoms with Crippen LogP contribution in [0.4, 0.5) is 4.39 Å². The van der Waals surface area contributed by atoms with Gasteiger partial charge in [0.2, 0.25) is 0 Å². The predicted octanol–water partition coefficient (Wildman–Crippen LogP) is 3.38. The number of hydrogen-bond donors (Lipinski definition) is 1. The summed E-state index contributed by atoms with van der Waals surface area (Å²) in [7, 11) is 1.53. The zero-order chi connectivity index (χ0) is 15.9. The molecule has 2 rings (SSSR count). The highest BCUT2D eigenvalue weighted by Crippen LogP contribution is 2.22. The lowest BCUT2D eigenvalue weighted by molar-refractivity contribution is 0.0957. The Bertz CT molecular complexity index is 750. The summed E-state index contributed by atoms with van der Waals surface area (Å²) in [6.45, 7) is 0.122. The average Bonchev–Trinajstić information content (AvgIpc) is 2.53. The third-order valence-corrected chi connectivity index (χ3v) is 3.54. The second kappa shape index (κ2) is 7.62. The van der Waals surface area contributed by atoms with E-state index >= 15 is 0 Å². The first-order valence-electron chi connectivity index (χ1n) is 6.47. The van der Waals surface area contributed by atoms with Crippen molar-refractivity contribution in [1.82, 2.24) is 5.32 Å². The molecule has 2 aromatic carbocycles. The Morgan fingerprint density at radius 3 is 2.82 bits per heavy atom. The van der Waals surface area contributed by atoms with Crippen molar-refractivity contribution in [3.63, 3.8) is 0 Å². The Kier molecular flexibility index (Phi) is 5.56. The first kappa shape index (κ1) is 16.1. The van der Waals surface area contributed by atoms with Crippen molar-refractivity contribution in [2.45, 2.75) is 0 Å². The van der Waals surface area contributed by atoms with Crippen LogP contribution in [0.25, 0.3) is 0 Å². The molecule has 1 amide bonds. The van der Waals surface area contributed by atoms with Crippen LogP contribution in [0.1, 0.15) is 15.9 Å². The molecule has 0 aliphatic carbocycles. The summed E-state index contributed by atoms with van der Waals surface area (Å²) >= 11 is 3.31. The van der Waals surface area contributed by atoms with Gasteiger partial charge in [-0.05, 0) is 46.3 Å². The van der Waals surface area contributed by atoms with Crippen LogP contribution in [-0.2, 0) is 0 Å². The summed E-state index contributed by atoms with van der Waals surface area (Å²) in [5.74, 6) is 5.33. The maximum absolute atomic E-state index is 13.4. The topological polar surface area (TPSA) is 38.3 Å². The van der Waals surface area contributed by atoms with E-state index in [0.717, 1.165) is 0 Å². The van der Waals surface area contributed by atoms with Crippen molar-refractivity contribution >= 4 is 21.8 Å². The SMILES string of the molecule is COc1ccc(Br)c(C(=O)NCC#Cc2ccccc2F)c1. The summed E-state index contributed by atoms with van der Waals surface area (Å²) in [6, 6.07) is 11.3. The average molecular weight is 362 g/mol. The largest absolute Gasteiger partial charge is 0.497 e. The van der Waals surface area contributed by atoms with Crippen molar-refractivity contribution in [2.24, 2.45) is 0 Å². The molecule has 0 radical (unpaired) electrons. The molecule has 0 unspecified atom stereocenters. The Balaban J connectivity index is 2.01. The van der Waals surface area contributed by atoms with Gasteiger partial charge in [-0.1, -0.05) is 24.0 Å². The van der Waals surface area contributed by atoms with Crippen molar-refractivity contribution in [3.05, 3.63) is 63.9 Å². The van der Waals surface area contributed by atoms with Gasteiger partial charge in [0, 0.05) is 4.47 Å². The highest BCUT2D eigenvalue weighted by molar-refractivity contribution is 9.10. The molecule has 22 heavy (non-hydrogen) atoms. The highest BCUT2D eigenvalue weighted by Gasteiger charge is 2.10. The molecule has 5 heteroatoms. The van der Waals surface area contributed by atoms with Gasteiger partial charge in [-0.15, -0.1) is 0 Å². The molecule has 0 saturated carbocycles. The van der Waals surface area contributed by atoms with Crippen LogP contribution in [0.15, 0.2) is 46.9 Å². The van der Waals surface area contributed by atoms with Crippen molar-refractivity contribution in [1.29, 1.82) is 0 Å². The molecule has 0 atom stereocenters. The number of ether oxygens (including phenoxy) is 1. The Hall–Kier alpha value is -2.32. The third kappa shape index (κ3) is 4.09. The second-order valence-corrected chi connectivity index (χ2v) is 5.16. The Morgan fingerprint density at radius 2 is 2.09 bits per heavy atom. The molecule has 0 heterocycles. The molecule has 0 aliphatic heterocycles. The number of methoxy groups -OCH3 is 1. The molecule has 0 saturated heterocycles. The van der Waals surface area contributed by atoms with Crippen LogP contribution >= 0.6 is 15.9 Å². The summed E-state index contributed by atoms with van der Waals surface area (Å²) < 4.78 is 19.1. The number of nitrogens with one attached hydrogen (secondary N) is 1. The molecule has 0 bridgehead atoms. The quantitative estimate of drug-likeness (QED) is 0.851. The summed E-state index contributed by atoms with van der Waals surface area (Å²) in [4.78, 5) is 12.1. The minimum absolute atomic E-state index is 0.122. The van der Waals surface area contributed by atoms with Crippen molar-refractivity contribution in [2.75, 3.05) is 13.7 Å². The van der Waals surface area contributed by atoms with Crippen LogP contribution in [0, 0.1) is 17.7 Å². The van der Waals surface area contributed by atoms with Gasteiger partial charge in [-0.3, -0.25) is 4.79 Å². The molecule has 112 valence electrons. The first-order valence-corrected chi connectivity index (χ1v) is 7.26. The number of hydrogen-bond acceptors (Lipinski definition) is 2. The summed E-state index contributed by atoms with van der Waals surface area (Å²) in [5.41, 5.74) is 0.756. The van der Waals surface area contributed by atoms with E-state index in [-0.39, 0.29) is 18.3 Å². The Morgan fingerprint density at radius 1 is 1.32 bits per heavy atom. The van der Waals surface area contributed by atoms with Crippen LogP contribution < -0.4 is 10.1 Å². The standard InChI is InChI=1S/C17H13BrFNO2/c1-22-13-8-9-15(18)14(11-13)17(21)20-10-4-6-12-5-2-3-7-16(12)19/h2-3,5,7-9,11H,10H2,1H3,(H,20,21). The number of benzene rings is 2. The lowest BCUT2D eigenvalue weighted by atomic mass is 10.2. The summed E-state index contributed by atoms with van der Waals surface area (Å²) in [6.07, 6.45) is 0. The number of amides is 1. The predicted molar refractivity (Wildman–Crippen MR) is 86.3 cm³/mol. The van der Waals surface area contributed by atoms with Crippen LogP contribution in [-0.4, -0.2) is 19.6 Å². The second-order valence-electron chi connectivity index (χ2n) is 4.31. The van der Waals surface area contributed by atoms with E-state index in [1.54, 1.807) is 36.4 Å². The molecule has 0 aromatic heterocycles. The fraction of sp³-hybridized carbons (Fsp3) is 0.118. The molecule has 0 spiro atoms. The van der Waals surface area contributed by atoms with Gasteiger partial charge in [0.05, 0.1) is 24.8 Å². The van der Waals surface area contributed by atoms with Gasteiger partial charge >= 0.3 is 0 Å². The van der Waals surface area contributed by atoms with Gasteiger partial charge in [-0.25, -0.2) is 4.39 Å². The van der Waals surface area contributed by atoms with Crippen molar-refractivity contribution in [3.8, 4) is 17.6 Å². The number of rotatable bonds is 3. The molecular weight excluding hydrogens is 349 g/mol. The minimum atomic E-state index is -0.378. The third-order valence-electron chi connectivity index (χ3n) is 2.85. The lowest BCUT2D eigenvalue weighted by Gasteiger charge is -2.06. The van der Waals surface area contributed by atoms with E-state index in [2.05, 4.69) is 33.1 Å². The monoisotopic (exact) mass is 361 g/mol. The zero-order valence-electron chi connectivity index (χ0n) is 11.8. The normalized spacial score (nSPS) is 9.59. The smallest absolute Gasteiger partial charge is 0.253 e. The maximum atomic E-state index is 13.4. The molecule has 2 aromatic rings. The van der Waals surface area contributed by atoms with E-state index in [4.69, 9.17) is 4.74 Å². The van der Waals surface area contributed by atoms with Gasteiger partial charge in [-0.2, -0.15) is 0 Å². The van der Waals surface area contributed by atoms with Gasteiger partial charge in [0.25, 0.3) is 5.91 Å². The molecule has 1 N–H and O–H groups in total. The molecule has 0 aliphatic rings. The minimum Gasteiger partial charge on any atom is -0.497 e. The van der Waals surface area contributed by atoms with E-state index in [0.29, 0.717) is 21.3 Å². The van der Waals surface area contributed by atoms with Gasteiger partial charge < -0.3 is 10.1 Å². The van der Waals surface area contributed by atoms with Crippen molar-refractivity contribution < 1.29 is 13.9 Å². The fourth-order valence-electron chi connectivity index (χ4n) is 1.73. The zero-order valence-corrected chi connectivity index (χ0v) is 13.4. The maximum Gasteiger partial charge on any atom is 0.253 e. The van der Waals surface area contributed by atoms with Crippen LogP contribution in [0.2, 0.25) is 0 Å². The van der Waals surface area contributed by atoms with Gasteiger partial charge in [0.1, 0.15) is 11.6 Å². The first-order chi connectivity index (χ1) is 10.6. The molecule has 0 fully saturated rings. The lowest BCUT2D eigenvalue weighted by Crippen LogP contribution is -2.24. The van der Waals surface area contributed by atoms with E-state index < -0.39 is 0 Å². The number of carbonyl (C=O) groups excluding carboxylic acids is 1. The van der Waals surface area contributed by atoms with E-state index in [9.17, 15) is 9.18 Å².